The van der Waals surface area contributed by atoms with Crippen molar-refractivity contribution in [3.63, 3.8) is 0 Å². The van der Waals surface area contributed by atoms with Gasteiger partial charge in [0.2, 0.25) is 0 Å². The molecule has 4 heteroatoms. The van der Waals surface area contributed by atoms with Gasteiger partial charge in [-0.2, -0.15) is 0 Å². The highest BCUT2D eigenvalue weighted by molar-refractivity contribution is 5.74. The molecular weight excluding hydrogens is 260 g/mol. The quantitative estimate of drug-likeness (QED) is 0.557. The van der Waals surface area contributed by atoms with Crippen LogP contribution in [0.5, 0.6) is 0 Å². The van der Waals surface area contributed by atoms with Gasteiger partial charge in [0.25, 0.3) is 0 Å². The summed E-state index contributed by atoms with van der Waals surface area (Å²) in [6.07, 6.45) is 2.77. The van der Waals surface area contributed by atoms with Gasteiger partial charge in [0.1, 0.15) is 0 Å². The van der Waals surface area contributed by atoms with E-state index < -0.39 is 0 Å². The van der Waals surface area contributed by atoms with E-state index in [9.17, 15) is 0 Å². The molecule has 0 spiro atoms. The lowest BCUT2D eigenvalue weighted by Gasteiger charge is -2.17. The SMILES string of the molecule is Cc1ccc(CC(Cn2cnc3ccccc32)NN)cc1. The Bertz CT molecular complexity index is 715. The van der Waals surface area contributed by atoms with Gasteiger partial charge < -0.3 is 4.57 Å². The van der Waals surface area contributed by atoms with E-state index in [-0.39, 0.29) is 6.04 Å². The number of rotatable bonds is 5. The number of nitrogens with zero attached hydrogens (tertiary/aromatic N) is 2. The molecule has 0 bridgehead atoms. The largest absolute Gasteiger partial charge is 0.329 e. The summed E-state index contributed by atoms with van der Waals surface area (Å²) in [6, 6.07) is 16.9. The van der Waals surface area contributed by atoms with Gasteiger partial charge in [-0.3, -0.25) is 11.3 Å². The van der Waals surface area contributed by atoms with Crippen LogP contribution in [0.25, 0.3) is 11.0 Å². The minimum absolute atomic E-state index is 0.172. The molecule has 0 saturated heterocycles. The fourth-order valence-corrected chi connectivity index (χ4v) is 2.58. The van der Waals surface area contributed by atoms with Gasteiger partial charge in [-0.1, -0.05) is 42.0 Å². The molecule has 0 aliphatic carbocycles. The van der Waals surface area contributed by atoms with Crippen molar-refractivity contribution in [1.82, 2.24) is 15.0 Å². The first-order valence-electron chi connectivity index (χ1n) is 7.18. The number of fused-ring (bicyclic) bond motifs is 1. The van der Waals surface area contributed by atoms with Gasteiger partial charge >= 0.3 is 0 Å². The first-order valence-corrected chi connectivity index (χ1v) is 7.18. The van der Waals surface area contributed by atoms with E-state index >= 15 is 0 Å². The Morgan fingerprint density at radius 1 is 1.14 bits per heavy atom. The van der Waals surface area contributed by atoms with Crippen molar-refractivity contribution in [1.29, 1.82) is 0 Å². The van der Waals surface area contributed by atoms with Crippen LogP contribution in [0.2, 0.25) is 0 Å². The number of aromatic nitrogens is 2. The van der Waals surface area contributed by atoms with Crippen molar-refractivity contribution in [3.8, 4) is 0 Å². The Morgan fingerprint density at radius 3 is 2.67 bits per heavy atom. The zero-order chi connectivity index (χ0) is 14.7. The van der Waals surface area contributed by atoms with Crippen LogP contribution >= 0.6 is 0 Å². The maximum Gasteiger partial charge on any atom is 0.0958 e. The number of hydrazine groups is 1. The Balaban J connectivity index is 1.76. The summed E-state index contributed by atoms with van der Waals surface area (Å²) in [5.41, 5.74) is 7.64. The molecule has 4 nitrogen and oxygen atoms in total. The number of imidazole rings is 1. The molecule has 0 amide bonds. The van der Waals surface area contributed by atoms with Crippen LogP contribution in [0, 0.1) is 6.92 Å². The van der Waals surface area contributed by atoms with E-state index in [2.05, 4.69) is 52.2 Å². The van der Waals surface area contributed by atoms with Gasteiger partial charge in [-0.05, 0) is 31.0 Å². The summed E-state index contributed by atoms with van der Waals surface area (Å²) in [5.74, 6) is 5.73. The average molecular weight is 280 g/mol. The first-order chi connectivity index (χ1) is 10.3. The number of nitrogens with one attached hydrogen (secondary N) is 1. The summed E-state index contributed by atoms with van der Waals surface area (Å²) in [4.78, 5) is 4.42. The summed E-state index contributed by atoms with van der Waals surface area (Å²) in [5, 5.41) is 0. The van der Waals surface area contributed by atoms with Crippen LogP contribution in [0.15, 0.2) is 54.9 Å². The lowest BCUT2D eigenvalue weighted by atomic mass is 10.0. The molecule has 3 rings (SSSR count). The highest BCUT2D eigenvalue weighted by Gasteiger charge is 2.10. The standard InChI is InChI=1S/C17H20N4/c1-13-6-8-14(9-7-13)10-15(20-18)11-21-12-19-16-4-2-3-5-17(16)21/h2-9,12,15,20H,10-11,18H2,1H3. The first kappa shape index (κ1) is 13.8. The van der Waals surface area contributed by atoms with Crippen LogP contribution in [-0.4, -0.2) is 15.6 Å². The molecule has 0 aliphatic rings. The topological polar surface area (TPSA) is 55.9 Å². The Labute approximate surface area is 124 Å². The molecule has 3 N–H and O–H groups in total. The van der Waals surface area contributed by atoms with Crippen LogP contribution in [-0.2, 0) is 13.0 Å². The molecule has 1 unspecified atom stereocenters. The molecule has 3 aromatic rings. The summed E-state index contributed by atoms with van der Waals surface area (Å²) in [6.45, 7) is 2.89. The third-order valence-corrected chi connectivity index (χ3v) is 3.78. The van der Waals surface area contributed by atoms with Crippen molar-refractivity contribution < 1.29 is 0 Å². The average Bonchev–Trinajstić information content (AvgIpc) is 2.92. The van der Waals surface area contributed by atoms with Crippen molar-refractivity contribution in [2.45, 2.75) is 25.9 Å². The van der Waals surface area contributed by atoms with Crippen LogP contribution in [0.1, 0.15) is 11.1 Å². The Hall–Kier alpha value is -2.17. The summed E-state index contributed by atoms with van der Waals surface area (Å²) >= 11 is 0. The zero-order valence-corrected chi connectivity index (χ0v) is 12.2. The number of hydrogen-bond donors (Lipinski definition) is 2. The van der Waals surface area contributed by atoms with E-state index in [1.165, 1.54) is 11.1 Å². The lowest BCUT2D eigenvalue weighted by molar-refractivity contribution is 0.460. The van der Waals surface area contributed by atoms with Gasteiger partial charge in [0.05, 0.1) is 17.4 Å². The highest BCUT2D eigenvalue weighted by Crippen LogP contribution is 2.13. The normalized spacial score (nSPS) is 12.7. The Kier molecular flexibility index (Phi) is 3.99. The summed E-state index contributed by atoms with van der Waals surface area (Å²) < 4.78 is 2.15. The predicted molar refractivity (Wildman–Crippen MR) is 85.7 cm³/mol. The molecule has 1 aromatic heterocycles. The molecule has 0 saturated carbocycles. The second kappa shape index (κ2) is 6.08. The number of aryl methyl sites for hydroxylation is 1. The third-order valence-electron chi connectivity index (χ3n) is 3.78. The van der Waals surface area contributed by atoms with Gasteiger partial charge in [-0.25, -0.2) is 4.98 Å². The molecule has 0 aliphatic heterocycles. The van der Waals surface area contributed by atoms with E-state index in [1.54, 1.807) is 0 Å². The second-order valence-electron chi connectivity index (χ2n) is 5.44. The van der Waals surface area contributed by atoms with Gasteiger partial charge in [0.15, 0.2) is 0 Å². The second-order valence-corrected chi connectivity index (χ2v) is 5.44. The van der Waals surface area contributed by atoms with Gasteiger partial charge in [-0.15, -0.1) is 0 Å². The van der Waals surface area contributed by atoms with Crippen molar-refractivity contribution in [2.24, 2.45) is 5.84 Å². The Morgan fingerprint density at radius 2 is 1.90 bits per heavy atom. The molecule has 2 aromatic carbocycles. The van der Waals surface area contributed by atoms with E-state index in [4.69, 9.17) is 5.84 Å². The van der Waals surface area contributed by atoms with E-state index in [0.717, 1.165) is 24.0 Å². The molecule has 0 radical (unpaired) electrons. The van der Waals surface area contributed by atoms with Crippen LogP contribution < -0.4 is 11.3 Å². The molecule has 108 valence electrons. The monoisotopic (exact) mass is 280 g/mol. The maximum absolute atomic E-state index is 5.73. The third kappa shape index (κ3) is 3.12. The number of nitrogens with two attached hydrogens (primary N) is 1. The number of para-hydroxylation sites is 2. The fraction of sp³-hybridized carbons (Fsp3) is 0.235. The minimum atomic E-state index is 0.172. The molecular formula is C17H20N4. The van der Waals surface area contributed by atoms with E-state index in [1.807, 2.05) is 24.5 Å². The highest BCUT2D eigenvalue weighted by atomic mass is 15.2. The van der Waals surface area contributed by atoms with Crippen molar-refractivity contribution >= 4 is 11.0 Å². The summed E-state index contributed by atoms with van der Waals surface area (Å²) in [7, 11) is 0. The van der Waals surface area contributed by atoms with Crippen molar-refractivity contribution in [2.75, 3.05) is 0 Å². The lowest BCUT2D eigenvalue weighted by Crippen LogP contribution is -2.39. The van der Waals surface area contributed by atoms with Crippen molar-refractivity contribution in [3.05, 3.63) is 66.0 Å². The van der Waals surface area contributed by atoms with E-state index in [0.29, 0.717) is 0 Å². The molecule has 0 fully saturated rings. The molecule has 1 heterocycles. The number of benzene rings is 2. The predicted octanol–water partition coefficient (Wildman–Crippen LogP) is 2.42. The van der Waals surface area contributed by atoms with Crippen LogP contribution in [0.3, 0.4) is 0 Å². The smallest absolute Gasteiger partial charge is 0.0958 e. The minimum Gasteiger partial charge on any atom is -0.329 e. The number of hydrogen-bond acceptors (Lipinski definition) is 3. The molecule has 1 atom stereocenters. The van der Waals surface area contributed by atoms with Crippen LogP contribution in [0.4, 0.5) is 0 Å². The molecule has 21 heavy (non-hydrogen) atoms. The fourth-order valence-electron chi connectivity index (χ4n) is 2.58. The van der Waals surface area contributed by atoms with Gasteiger partial charge in [0, 0.05) is 12.6 Å². The zero-order valence-electron chi connectivity index (χ0n) is 12.2. The maximum atomic E-state index is 5.73.